The Morgan fingerprint density at radius 2 is 2.04 bits per heavy atom. The molecule has 1 amide bonds. The molecule has 2 aromatic rings. The highest BCUT2D eigenvalue weighted by atomic mass is 35.5. The molecule has 1 aliphatic heterocycles. The fourth-order valence-corrected chi connectivity index (χ4v) is 2.84. The van der Waals surface area contributed by atoms with Gasteiger partial charge in [0.1, 0.15) is 11.5 Å². The monoisotopic (exact) mass is 392 g/mol. The highest BCUT2D eigenvalue weighted by molar-refractivity contribution is 6.33. The van der Waals surface area contributed by atoms with E-state index in [-0.39, 0.29) is 22.9 Å². The topological polar surface area (TPSA) is 110 Å². The maximum Gasteiger partial charge on any atom is 0.337 e. The van der Waals surface area contributed by atoms with Crippen LogP contribution in [0.1, 0.15) is 29.5 Å². The summed E-state index contributed by atoms with van der Waals surface area (Å²) in [4.78, 5) is 22.9. The minimum absolute atomic E-state index is 0.0142. The molecule has 0 radical (unpaired) electrons. The fourth-order valence-electron chi connectivity index (χ4n) is 2.58. The van der Waals surface area contributed by atoms with Crippen molar-refractivity contribution in [1.29, 1.82) is 0 Å². The highest BCUT2D eigenvalue weighted by Crippen LogP contribution is 2.27. The lowest BCUT2D eigenvalue weighted by molar-refractivity contribution is -0.159. The summed E-state index contributed by atoms with van der Waals surface area (Å²) in [5, 5.41) is 13.0. The Morgan fingerprint density at radius 3 is 2.70 bits per heavy atom. The lowest BCUT2D eigenvalue weighted by Crippen LogP contribution is -2.33. The molecule has 0 spiro atoms. The standard InChI is InChI=1S/C18H17ClN2O6/c1-18(25-6-7-26-18)9-16(22)21-20-10-12-3-5-15(27-12)11-2-4-13(17(23)24)14(19)8-11/h2-5,8,10H,6-7,9H2,1H3,(H,21,22)(H,23,24)/b20-10-. The summed E-state index contributed by atoms with van der Waals surface area (Å²) >= 11 is 5.96. The minimum atomic E-state index is -1.10. The summed E-state index contributed by atoms with van der Waals surface area (Å²) in [6, 6.07) is 7.86. The number of carboxylic acids is 1. The van der Waals surface area contributed by atoms with E-state index in [2.05, 4.69) is 10.5 Å². The number of carbonyl (C=O) groups excluding carboxylic acids is 1. The minimum Gasteiger partial charge on any atom is -0.478 e. The number of hydrazone groups is 1. The van der Waals surface area contributed by atoms with Gasteiger partial charge in [-0.25, -0.2) is 10.2 Å². The van der Waals surface area contributed by atoms with E-state index in [0.717, 1.165) is 0 Å². The molecule has 1 aromatic carbocycles. The van der Waals surface area contributed by atoms with E-state index < -0.39 is 11.8 Å². The summed E-state index contributed by atoms with van der Waals surface area (Å²) in [7, 11) is 0. The van der Waals surface area contributed by atoms with Crippen LogP contribution in [0.15, 0.2) is 39.9 Å². The molecule has 8 nitrogen and oxygen atoms in total. The first-order chi connectivity index (χ1) is 12.9. The summed E-state index contributed by atoms with van der Waals surface area (Å²) in [5.41, 5.74) is 3.02. The van der Waals surface area contributed by atoms with Gasteiger partial charge in [0.05, 0.1) is 36.4 Å². The zero-order chi connectivity index (χ0) is 19.4. The van der Waals surface area contributed by atoms with Crippen molar-refractivity contribution in [3.05, 3.63) is 46.7 Å². The smallest absolute Gasteiger partial charge is 0.337 e. The van der Waals surface area contributed by atoms with Crippen molar-refractivity contribution in [2.75, 3.05) is 13.2 Å². The maximum absolute atomic E-state index is 11.9. The number of nitrogens with one attached hydrogen (secondary N) is 1. The van der Waals surface area contributed by atoms with Gasteiger partial charge >= 0.3 is 5.97 Å². The van der Waals surface area contributed by atoms with Gasteiger partial charge in [0.25, 0.3) is 0 Å². The van der Waals surface area contributed by atoms with Crippen LogP contribution in [-0.4, -0.2) is 42.2 Å². The number of ether oxygens (including phenoxy) is 2. The Morgan fingerprint density at radius 1 is 1.30 bits per heavy atom. The van der Waals surface area contributed by atoms with Gasteiger partial charge < -0.3 is 19.0 Å². The Kier molecular flexibility index (Phi) is 5.59. The average Bonchev–Trinajstić information content (AvgIpc) is 3.23. The van der Waals surface area contributed by atoms with Crippen LogP contribution in [0.2, 0.25) is 5.02 Å². The van der Waals surface area contributed by atoms with Gasteiger partial charge in [0.2, 0.25) is 5.91 Å². The molecular formula is C18H17ClN2O6. The number of nitrogens with zero attached hydrogens (tertiary/aromatic N) is 1. The number of amides is 1. The first kappa shape index (κ1) is 19.1. The van der Waals surface area contributed by atoms with E-state index in [9.17, 15) is 9.59 Å². The second-order valence-electron chi connectivity index (χ2n) is 6.00. The maximum atomic E-state index is 11.9. The van der Waals surface area contributed by atoms with Crippen molar-refractivity contribution < 1.29 is 28.6 Å². The third-order valence-corrected chi connectivity index (χ3v) is 4.18. The van der Waals surface area contributed by atoms with Gasteiger partial charge in [-0.2, -0.15) is 5.10 Å². The van der Waals surface area contributed by atoms with Crippen LogP contribution in [0.5, 0.6) is 0 Å². The first-order valence-corrected chi connectivity index (χ1v) is 8.47. The molecule has 2 heterocycles. The number of halogens is 1. The molecule has 0 aliphatic carbocycles. The molecule has 0 atom stereocenters. The van der Waals surface area contributed by atoms with Crippen molar-refractivity contribution in [3.8, 4) is 11.3 Å². The number of carboxylic acid groups (broad SMARTS) is 1. The number of aromatic carboxylic acids is 1. The van der Waals surface area contributed by atoms with E-state index >= 15 is 0 Å². The van der Waals surface area contributed by atoms with E-state index in [0.29, 0.717) is 30.3 Å². The molecule has 1 aliphatic rings. The molecule has 1 fully saturated rings. The molecular weight excluding hydrogens is 376 g/mol. The van der Waals surface area contributed by atoms with Crippen molar-refractivity contribution >= 4 is 29.7 Å². The Balaban J connectivity index is 1.60. The van der Waals surface area contributed by atoms with Crippen LogP contribution in [0.25, 0.3) is 11.3 Å². The number of hydrogen-bond donors (Lipinski definition) is 2. The quantitative estimate of drug-likeness (QED) is 0.577. The van der Waals surface area contributed by atoms with Crippen LogP contribution in [0.3, 0.4) is 0 Å². The third-order valence-electron chi connectivity index (χ3n) is 3.87. The predicted octanol–water partition coefficient (Wildman–Crippen LogP) is 2.90. The van der Waals surface area contributed by atoms with Gasteiger partial charge in [-0.15, -0.1) is 0 Å². The molecule has 27 heavy (non-hydrogen) atoms. The molecule has 0 unspecified atom stereocenters. The Labute approximate surface area is 159 Å². The Hall–Kier alpha value is -2.68. The van der Waals surface area contributed by atoms with Crippen molar-refractivity contribution in [2.24, 2.45) is 5.10 Å². The molecule has 142 valence electrons. The van der Waals surface area contributed by atoms with Gasteiger partial charge in [-0.3, -0.25) is 4.79 Å². The summed E-state index contributed by atoms with van der Waals surface area (Å²) in [6.45, 7) is 2.61. The molecule has 9 heteroatoms. The number of benzene rings is 1. The lowest BCUT2D eigenvalue weighted by Gasteiger charge is -2.20. The summed E-state index contributed by atoms with van der Waals surface area (Å²) in [5.74, 6) is -1.47. The zero-order valence-electron chi connectivity index (χ0n) is 14.4. The van der Waals surface area contributed by atoms with Gasteiger partial charge in [0, 0.05) is 5.56 Å². The fraction of sp³-hybridized carbons (Fsp3) is 0.278. The first-order valence-electron chi connectivity index (χ1n) is 8.09. The van der Waals surface area contributed by atoms with Gasteiger partial charge in [-0.05, 0) is 31.2 Å². The number of carbonyl (C=O) groups is 2. The number of rotatable bonds is 6. The summed E-state index contributed by atoms with van der Waals surface area (Å²) < 4.78 is 16.3. The number of furan rings is 1. The van der Waals surface area contributed by atoms with E-state index in [1.54, 1.807) is 25.1 Å². The SMILES string of the molecule is CC1(CC(=O)N/N=C\c2ccc(-c3ccc(C(=O)O)c(Cl)c3)o2)OCCO1. The van der Waals surface area contributed by atoms with Crippen molar-refractivity contribution in [3.63, 3.8) is 0 Å². The molecule has 1 saturated heterocycles. The predicted molar refractivity (Wildman–Crippen MR) is 96.8 cm³/mol. The normalized spacial score (nSPS) is 15.9. The van der Waals surface area contributed by atoms with Crippen LogP contribution >= 0.6 is 11.6 Å². The van der Waals surface area contributed by atoms with Crippen molar-refractivity contribution in [2.45, 2.75) is 19.1 Å². The second-order valence-corrected chi connectivity index (χ2v) is 6.41. The summed E-state index contributed by atoms with van der Waals surface area (Å²) in [6.07, 6.45) is 1.38. The van der Waals surface area contributed by atoms with E-state index in [1.165, 1.54) is 18.3 Å². The van der Waals surface area contributed by atoms with Crippen molar-refractivity contribution in [1.82, 2.24) is 5.43 Å². The van der Waals surface area contributed by atoms with Crippen LogP contribution < -0.4 is 5.43 Å². The molecule has 0 saturated carbocycles. The molecule has 0 bridgehead atoms. The highest BCUT2D eigenvalue weighted by Gasteiger charge is 2.33. The van der Waals surface area contributed by atoms with Gasteiger partial charge in [-0.1, -0.05) is 17.7 Å². The van der Waals surface area contributed by atoms with E-state index in [4.69, 9.17) is 30.6 Å². The zero-order valence-corrected chi connectivity index (χ0v) is 15.2. The van der Waals surface area contributed by atoms with Crippen LogP contribution in [0.4, 0.5) is 0 Å². The second kappa shape index (κ2) is 7.91. The number of hydrogen-bond acceptors (Lipinski definition) is 6. The van der Waals surface area contributed by atoms with Crippen LogP contribution in [-0.2, 0) is 14.3 Å². The van der Waals surface area contributed by atoms with Gasteiger partial charge in [0.15, 0.2) is 5.79 Å². The largest absolute Gasteiger partial charge is 0.478 e. The third kappa shape index (κ3) is 4.73. The molecule has 3 rings (SSSR count). The van der Waals surface area contributed by atoms with Crippen LogP contribution in [0, 0.1) is 0 Å². The average molecular weight is 393 g/mol. The Bertz CT molecular complexity index is 886. The molecule has 1 aromatic heterocycles. The lowest BCUT2D eigenvalue weighted by atomic mass is 10.1. The van der Waals surface area contributed by atoms with E-state index in [1.807, 2.05) is 0 Å². The molecule has 2 N–H and O–H groups in total.